The van der Waals surface area contributed by atoms with Crippen molar-refractivity contribution in [1.82, 2.24) is 20.4 Å². The van der Waals surface area contributed by atoms with E-state index in [-0.39, 0.29) is 61.3 Å². The molecule has 2 saturated carbocycles. The van der Waals surface area contributed by atoms with Crippen LogP contribution in [0, 0.1) is 34.3 Å². The molecular weight excluding hydrogens is 939 g/mol. The van der Waals surface area contributed by atoms with E-state index in [0.717, 1.165) is 46.2 Å². The number of hydrogen-bond donors (Lipinski definition) is 2. The van der Waals surface area contributed by atoms with Gasteiger partial charge in [-0.3, -0.25) is 29.0 Å². The Kier molecular flexibility index (Phi) is 13.6. The van der Waals surface area contributed by atoms with Crippen LogP contribution in [-0.2, 0) is 49.4 Å². The first kappa shape index (κ1) is 49.7. The number of amides is 6. The fraction of sp³-hybridized carbons (Fsp3) is 0.319. The van der Waals surface area contributed by atoms with E-state index in [1.165, 1.54) is 71.5 Å². The highest BCUT2D eigenvalue weighted by Gasteiger charge is 2.62. The predicted octanol–water partition coefficient (Wildman–Crippen LogP) is 6.25. The lowest BCUT2D eigenvalue weighted by molar-refractivity contribution is -0.159. The van der Waals surface area contributed by atoms with Crippen molar-refractivity contribution in [2.45, 2.75) is 74.3 Å². The van der Waals surface area contributed by atoms with Gasteiger partial charge in [0.2, 0.25) is 17.9 Å². The molecule has 2 spiro atoms. The van der Waals surface area contributed by atoms with E-state index < -0.39 is 101 Å². The first-order valence-corrected chi connectivity index (χ1v) is 21.1. The van der Waals surface area contributed by atoms with Gasteiger partial charge in [-0.2, -0.15) is 36.9 Å². The summed E-state index contributed by atoms with van der Waals surface area (Å²) in [7, 11) is 1.42. The summed E-state index contributed by atoms with van der Waals surface area (Å²) < 4.78 is 107. The van der Waals surface area contributed by atoms with Crippen LogP contribution < -0.4 is 20.4 Å². The molecule has 2 heterocycles. The molecule has 8 rings (SSSR count). The summed E-state index contributed by atoms with van der Waals surface area (Å²) in [6, 6.07) is 17.6. The number of piperazine rings is 2. The quantitative estimate of drug-likeness (QED) is 0.117. The molecule has 2 aliphatic carbocycles. The number of alkyl halides is 6. The monoisotopic (exact) mass is 975 g/mol. The molecular formula is C47H37F8N9O6. The molecule has 2 N–H and O–H groups in total. The van der Waals surface area contributed by atoms with E-state index in [2.05, 4.69) is 15.6 Å². The van der Waals surface area contributed by atoms with Crippen molar-refractivity contribution in [2.24, 2.45) is 4.99 Å². The number of carbonyl (C=O) groups excluding carboxylic acids is 6. The van der Waals surface area contributed by atoms with Gasteiger partial charge in [0.25, 0.3) is 11.8 Å². The highest BCUT2D eigenvalue weighted by atomic mass is 19.4. The number of rotatable bonds is 8. The first-order valence-electron chi connectivity index (χ1n) is 21.1. The second-order valence-corrected chi connectivity index (χ2v) is 16.9. The third kappa shape index (κ3) is 9.60. The molecule has 4 fully saturated rings. The van der Waals surface area contributed by atoms with Crippen LogP contribution in [0.25, 0.3) is 0 Å². The first-order chi connectivity index (χ1) is 33.1. The Hall–Kier alpha value is -8.17. The minimum Gasteiger partial charge on any atom is -0.341 e. The fourth-order valence-electron chi connectivity index (χ4n) is 9.01. The summed E-state index contributed by atoms with van der Waals surface area (Å²) in [5, 5.41) is 23.0. The lowest BCUT2D eigenvalue weighted by atomic mass is 9.68. The van der Waals surface area contributed by atoms with Crippen LogP contribution in [0.5, 0.6) is 0 Å². The third-order valence-corrected chi connectivity index (χ3v) is 12.6. The summed E-state index contributed by atoms with van der Waals surface area (Å²) in [6.45, 7) is -1.27. The zero-order chi connectivity index (χ0) is 50.9. The molecule has 70 heavy (non-hydrogen) atoms. The largest absolute Gasteiger partial charge is 0.416 e. The number of benzene rings is 4. The Morgan fingerprint density at radius 2 is 1.07 bits per heavy atom. The number of nitrogens with zero attached hydrogens (tertiary/aromatic N) is 7. The summed E-state index contributed by atoms with van der Waals surface area (Å²) in [5.41, 5.74) is -4.06. The molecule has 4 aromatic carbocycles. The molecule has 0 unspecified atom stereocenters. The maximum Gasteiger partial charge on any atom is 0.416 e. The third-order valence-electron chi connectivity index (χ3n) is 12.6. The molecule has 15 nitrogen and oxygen atoms in total. The van der Waals surface area contributed by atoms with Crippen LogP contribution in [0.1, 0.15) is 59.1 Å². The molecule has 2 aliphatic heterocycles. The predicted molar refractivity (Wildman–Crippen MR) is 228 cm³/mol. The molecule has 0 radical (unpaired) electrons. The van der Waals surface area contributed by atoms with Gasteiger partial charge < -0.3 is 20.4 Å². The Morgan fingerprint density at radius 3 is 1.41 bits per heavy atom. The Labute approximate surface area is 392 Å². The Bertz CT molecular complexity index is 2880. The Balaban J connectivity index is 0.000000207. The van der Waals surface area contributed by atoms with Gasteiger partial charge in [0.1, 0.15) is 35.8 Å². The number of hydrogen-bond acceptors (Lipinski definition) is 9. The lowest BCUT2D eigenvalue weighted by Crippen LogP contribution is -2.75. The van der Waals surface area contributed by atoms with Gasteiger partial charge in [-0.25, -0.2) is 23.4 Å². The molecule has 0 aromatic heterocycles. The summed E-state index contributed by atoms with van der Waals surface area (Å²) >= 11 is 0. The van der Waals surface area contributed by atoms with E-state index in [1.54, 1.807) is 12.1 Å². The maximum atomic E-state index is 14.7. The smallest absolute Gasteiger partial charge is 0.341 e. The van der Waals surface area contributed by atoms with Crippen LogP contribution in [0.2, 0.25) is 0 Å². The second kappa shape index (κ2) is 19.1. The van der Waals surface area contributed by atoms with Gasteiger partial charge in [-0.05, 0) is 71.8 Å². The topological polar surface area (TPSA) is 199 Å². The zero-order valence-electron chi connectivity index (χ0n) is 36.5. The van der Waals surface area contributed by atoms with Crippen LogP contribution in [-0.4, -0.2) is 88.8 Å². The average molecular weight is 976 g/mol. The number of nitrogens with one attached hydrogen (secondary N) is 2. The number of carbonyl (C=O) groups is 5. The van der Waals surface area contributed by atoms with Crippen molar-refractivity contribution < 1.29 is 63.9 Å². The maximum absolute atomic E-state index is 14.7. The minimum absolute atomic E-state index is 0.0121. The number of halogens is 8. The SMILES string of the molecule is CNC(=O)NC1CC2(C1)C(=O)N(c1ccc(C#N)cc1F)CC(=O)N2Cc1ccc(C(F)(F)F)cc1.N#Cc1ccc(N2CC(=O)N(Cc3ccc(C(F)(F)F)cc3)C3(CC(N=C=O)C3)C2=O)c(F)c1. The van der Waals surface area contributed by atoms with E-state index in [0.29, 0.717) is 11.1 Å². The van der Waals surface area contributed by atoms with Crippen molar-refractivity contribution in [3.05, 3.63) is 130 Å². The molecule has 23 heteroatoms. The number of anilines is 2. The molecule has 6 amide bonds. The summed E-state index contributed by atoms with van der Waals surface area (Å²) in [5.74, 6) is -3.95. The normalized spacial score (nSPS) is 22.0. The highest BCUT2D eigenvalue weighted by Crippen LogP contribution is 2.47. The lowest BCUT2D eigenvalue weighted by Gasteiger charge is -2.56. The second-order valence-electron chi connectivity index (χ2n) is 16.9. The molecule has 2 saturated heterocycles. The van der Waals surface area contributed by atoms with E-state index >= 15 is 0 Å². The molecule has 362 valence electrons. The number of aliphatic imine (C=N–C) groups is 1. The standard InChI is InChI=1S/C24H21F4N5O3.C23H16F4N4O3/c1-30-22(36)31-17-9-23(10-17)21(35)32(19-7-4-15(11-29)8-18(19)25)13-20(34)33(23)12-14-2-5-16(6-3-14)24(26,27)28;24-18-7-15(10-28)3-6-19(18)30-12-20(33)31(22(21(30)34)8-17(9-22)29-13-32)11-14-1-4-16(5-2-14)23(25,26)27/h2-8,17H,9-10,12-13H2,1H3,(H2,30,31,36);1-7,17H,8-9,11-12H2. The van der Waals surface area contributed by atoms with Crippen molar-refractivity contribution in [2.75, 3.05) is 29.9 Å². The van der Waals surface area contributed by atoms with Crippen LogP contribution in [0.4, 0.5) is 51.3 Å². The van der Waals surface area contributed by atoms with Crippen LogP contribution in [0.3, 0.4) is 0 Å². The molecule has 0 atom stereocenters. The zero-order valence-corrected chi connectivity index (χ0v) is 36.5. The van der Waals surface area contributed by atoms with E-state index in [9.17, 15) is 63.9 Å². The van der Waals surface area contributed by atoms with Crippen LogP contribution >= 0.6 is 0 Å². The van der Waals surface area contributed by atoms with Gasteiger partial charge >= 0.3 is 18.4 Å². The van der Waals surface area contributed by atoms with E-state index in [1.807, 2.05) is 0 Å². The van der Waals surface area contributed by atoms with E-state index in [4.69, 9.17) is 10.5 Å². The average Bonchev–Trinajstić information content (AvgIpc) is 3.29. The molecule has 4 aromatic rings. The number of nitriles is 2. The van der Waals surface area contributed by atoms with Gasteiger partial charge in [0.05, 0.1) is 51.8 Å². The highest BCUT2D eigenvalue weighted by molar-refractivity contribution is 6.11. The van der Waals surface area contributed by atoms with Gasteiger partial charge in [0.15, 0.2) is 0 Å². The van der Waals surface area contributed by atoms with Crippen molar-refractivity contribution in [1.29, 1.82) is 10.5 Å². The minimum atomic E-state index is -4.52. The van der Waals surface area contributed by atoms with Crippen molar-refractivity contribution in [3.8, 4) is 12.1 Å². The summed E-state index contributed by atoms with van der Waals surface area (Å²) in [6.07, 6.45) is -7.56. The Morgan fingerprint density at radius 1 is 0.671 bits per heavy atom. The molecule has 4 aliphatic rings. The fourth-order valence-corrected chi connectivity index (χ4v) is 9.01. The summed E-state index contributed by atoms with van der Waals surface area (Å²) in [4.78, 5) is 84.2. The number of isocyanates is 1. The van der Waals surface area contributed by atoms with Crippen LogP contribution in [0.15, 0.2) is 89.9 Å². The molecule has 0 bridgehead atoms. The van der Waals surface area contributed by atoms with Gasteiger partial charge in [-0.15, -0.1) is 0 Å². The van der Waals surface area contributed by atoms with Crippen molar-refractivity contribution in [3.63, 3.8) is 0 Å². The number of urea groups is 1. The van der Waals surface area contributed by atoms with Gasteiger partial charge in [0, 0.05) is 51.9 Å². The van der Waals surface area contributed by atoms with Crippen molar-refractivity contribution >= 4 is 47.1 Å². The van der Waals surface area contributed by atoms with Gasteiger partial charge in [-0.1, -0.05) is 24.3 Å².